The maximum atomic E-state index is 11.9. The fraction of sp³-hybridized carbons (Fsp3) is 0.200. The van der Waals surface area contributed by atoms with Crippen LogP contribution in [-0.2, 0) is 20.1 Å². The molecular weight excluding hydrogens is 294 g/mol. The number of hydrogen-bond donors (Lipinski definition) is 0. The van der Waals surface area contributed by atoms with Crippen LogP contribution in [-0.4, -0.2) is 32.9 Å². The molecule has 0 saturated heterocycles. The van der Waals surface area contributed by atoms with Crippen LogP contribution >= 0.6 is 0 Å². The van der Waals surface area contributed by atoms with Crippen molar-refractivity contribution in [2.45, 2.75) is 11.3 Å². The van der Waals surface area contributed by atoms with E-state index in [-0.39, 0.29) is 4.90 Å². The fourth-order valence-corrected chi connectivity index (χ4v) is 3.01. The van der Waals surface area contributed by atoms with Gasteiger partial charge in [0.05, 0.1) is 11.3 Å². The van der Waals surface area contributed by atoms with Gasteiger partial charge in [0.15, 0.2) is 9.84 Å². The molecular formula is C10H10NO6S2. The van der Waals surface area contributed by atoms with E-state index in [1.54, 1.807) is 6.07 Å². The summed E-state index contributed by atoms with van der Waals surface area (Å²) in [4.78, 5) is 9.79. The van der Waals surface area contributed by atoms with E-state index in [1.165, 1.54) is 24.3 Å². The summed E-state index contributed by atoms with van der Waals surface area (Å²) >= 11 is 0. The Morgan fingerprint density at radius 3 is 2.32 bits per heavy atom. The number of rotatable bonds is 6. The summed E-state index contributed by atoms with van der Waals surface area (Å²) in [6, 6.07) is 6.67. The molecule has 0 aromatic heterocycles. The van der Waals surface area contributed by atoms with Crippen molar-refractivity contribution in [1.82, 2.24) is 0 Å². The lowest BCUT2D eigenvalue weighted by atomic mass is 10.3. The molecule has 0 fully saturated rings. The summed E-state index contributed by atoms with van der Waals surface area (Å²) < 4.78 is 44.4. The Hall–Kier alpha value is -1.74. The summed E-state index contributed by atoms with van der Waals surface area (Å²) in [5, 5.41) is 11.4. The van der Waals surface area contributed by atoms with Crippen molar-refractivity contribution < 1.29 is 21.8 Å². The SMILES string of the molecule is O=[N+]([O-])[C](CC=S(=O)=O)CS(=O)(=O)c1ccccc1. The number of nitrogens with zero attached hydrogens (tertiary/aromatic N) is 1. The Kier molecular flexibility index (Phi) is 5.19. The first kappa shape index (κ1) is 15.3. The molecule has 0 atom stereocenters. The molecule has 0 heterocycles. The van der Waals surface area contributed by atoms with Gasteiger partial charge in [-0.3, -0.25) is 10.1 Å². The van der Waals surface area contributed by atoms with Crippen molar-refractivity contribution in [3.8, 4) is 0 Å². The van der Waals surface area contributed by atoms with E-state index in [2.05, 4.69) is 0 Å². The van der Waals surface area contributed by atoms with Gasteiger partial charge < -0.3 is 0 Å². The first-order valence-corrected chi connectivity index (χ1v) is 7.80. The largest absolute Gasteiger partial charge is 0.310 e. The lowest BCUT2D eigenvalue weighted by Gasteiger charge is -2.06. The third-order valence-electron chi connectivity index (χ3n) is 2.17. The Morgan fingerprint density at radius 1 is 1.26 bits per heavy atom. The number of benzene rings is 1. The zero-order valence-corrected chi connectivity index (χ0v) is 11.2. The molecule has 19 heavy (non-hydrogen) atoms. The van der Waals surface area contributed by atoms with E-state index < -0.39 is 43.3 Å². The van der Waals surface area contributed by atoms with E-state index in [4.69, 9.17) is 0 Å². The fourth-order valence-electron chi connectivity index (χ4n) is 1.28. The number of hydrogen-bond acceptors (Lipinski definition) is 6. The third kappa shape index (κ3) is 4.79. The van der Waals surface area contributed by atoms with Gasteiger partial charge in [-0.05, 0) is 12.1 Å². The van der Waals surface area contributed by atoms with Crippen molar-refractivity contribution in [2.24, 2.45) is 0 Å². The molecule has 0 unspecified atom stereocenters. The molecule has 0 amide bonds. The first-order valence-electron chi connectivity index (χ1n) is 5.01. The molecule has 9 heteroatoms. The number of nitro groups is 1. The molecule has 0 N–H and O–H groups in total. The second-order valence-electron chi connectivity index (χ2n) is 3.53. The van der Waals surface area contributed by atoms with Crippen molar-refractivity contribution in [1.29, 1.82) is 0 Å². The van der Waals surface area contributed by atoms with Crippen LogP contribution in [0.25, 0.3) is 0 Å². The predicted octanol–water partition coefficient (Wildman–Crippen LogP) is 0.340. The highest BCUT2D eigenvalue weighted by molar-refractivity contribution is 7.91. The van der Waals surface area contributed by atoms with Crippen LogP contribution in [0.2, 0.25) is 0 Å². The summed E-state index contributed by atoms with van der Waals surface area (Å²) in [5.74, 6) is -0.822. The molecule has 1 radical (unpaired) electrons. The van der Waals surface area contributed by atoms with Gasteiger partial charge in [0.1, 0.15) is 5.75 Å². The van der Waals surface area contributed by atoms with Crippen LogP contribution in [0.5, 0.6) is 0 Å². The maximum Gasteiger partial charge on any atom is 0.310 e. The zero-order valence-electron chi connectivity index (χ0n) is 9.59. The Morgan fingerprint density at radius 2 is 1.84 bits per heavy atom. The average Bonchev–Trinajstić information content (AvgIpc) is 2.35. The van der Waals surface area contributed by atoms with Crippen molar-refractivity contribution in [2.75, 3.05) is 5.75 Å². The van der Waals surface area contributed by atoms with Crippen LogP contribution < -0.4 is 0 Å². The van der Waals surface area contributed by atoms with E-state index in [0.717, 1.165) is 0 Å². The van der Waals surface area contributed by atoms with Gasteiger partial charge in [0, 0.05) is 10.3 Å². The first-order chi connectivity index (χ1) is 8.83. The lowest BCUT2D eigenvalue weighted by molar-refractivity contribution is -0.462. The van der Waals surface area contributed by atoms with E-state index in [9.17, 15) is 26.9 Å². The summed E-state index contributed by atoms with van der Waals surface area (Å²) in [6.45, 7) is 0. The molecule has 0 aliphatic carbocycles. The van der Waals surface area contributed by atoms with Gasteiger partial charge in [-0.2, -0.15) is 8.42 Å². The highest BCUT2D eigenvalue weighted by Gasteiger charge is 2.31. The van der Waals surface area contributed by atoms with Crippen molar-refractivity contribution in [3.05, 3.63) is 46.5 Å². The van der Waals surface area contributed by atoms with Crippen LogP contribution in [0.4, 0.5) is 0 Å². The monoisotopic (exact) mass is 304 g/mol. The Labute approximate surface area is 111 Å². The molecule has 1 aromatic rings. The van der Waals surface area contributed by atoms with Crippen LogP contribution in [0.15, 0.2) is 35.2 Å². The minimum absolute atomic E-state index is 0.0439. The van der Waals surface area contributed by atoms with Gasteiger partial charge in [0.25, 0.3) is 0 Å². The topological polar surface area (TPSA) is 111 Å². The highest BCUT2D eigenvalue weighted by atomic mass is 32.2. The van der Waals surface area contributed by atoms with Crippen LogP contribution in [0, 0.1) is 16.2 Å². The number of sulfone groups is 1. The summed E-state index contributed by atoms with van der Waals surface area (Å²) in [5.41, 5.74) is 0. The highest BCUT2D eigenvalue weighted by Crippen LogP contribution is 2.17. The van der Waals surface area contributed by atoms with E-state index in [1.807, 2.05) is 0 Å². The molecule has 1 aromatic carbocycles. The molecule has 1 rings (SSSR count). The Bertz CT molecular complexity index is 670. The predicted molar refractivity (Wildman–Crippen MR) is 68.3 cm³/mol. The zero-order chi connectivity index (χ0) is 14.5. The molecule has 7 nitrogen and oxygen atoms in total. The van der Waals surface area contributed by atoms with Gasteiger partial charge in [-0.25, -0.2) is 8.42 Å². The molecule has 0 spiro atoms. The molecule has 0 saturated carbocycles. The quantitative estimate of drug-likeness (QED) is 0.425. The molecule has 0 aliphatic rings. The molecule has 0 bridgehead atoms. The van der Waals surface area contributed by atoms with Crippen molar-refractivity contribution >= 4 is 25.5 Å². The molecule has 103 valence electrons. The van der Waals surface area contributed by atoms with Crippen LogP contribution in [0.1, 0.15) is 6.42 Å². The van der Waals surface area contributed by atoms with E-state index in [0.29, 0.717) is 5.37 Å². The van der Waals surface area contributed by atoms with Crippen molar-refractivity contribution in [3.63, 3.8) is 0 Å². The molecule has 0 aliphatic heterocycles. The summed E-state index contributed by atoms with van der Waals surface area (Å²) in [7, 11) is -6.42. The standard InChI is InChI=1S/C10H10NO6S2/c12-11(13)9(6-7-18(14)15)8-19(16,17)10-4-2-1-3-5-10/h1-5,7H,6,8H2. The minimum atomic E-state index is -3.85. The Balaban J connectivity index is 2.97. The second kappa shape index (κ2) is 6.43. The smallest absolute Gasteiger partial charge is 0.264 e. The van der Waals surface area contributed by atoms with E-state index >= 15 is 0 Å². The average molecular weight is 304 g/mol. The van der Waals surface area contributed by atoms with Gasteiger partial charge in [-0.15, -0.1) is 0 Å². The minimum Gasteiger partial charge on any atom is -0.264 e. The normalized spacial score (nSPS) is 11.2. The second-order valence-corrected chi connectivity index (χ2v) is 6.37. The van der Waals surface area contributed by atoms with Gasteiger partial charge in [-0.1, -0.05) is 18.2 Å². The summed E-state index contributed by atoms with van der Waals surface area (Å²) in [6.07, 6.45) is -0.533. The van der Waals surface area contributed by atoms with Gasteiger partial charge in [0.2, 0.25) is 10.3 Å². The lowest BCUT2D eigenvalue weighted by Crippen LogP contribution is -2.22. The maximum absolute atomic E-state index is 11.9. The third-order valence-corrected chi connectivity index (χ3v) is 4.31. The van der Waals surface area contributed by atoms with Crippen LogP contribution in [0.3, 0.4) is 0 Å². The van der Waals surface area contributed by atoms with Gasteiger partial charge >= 0.3 is 6.04 Å².